The van der Waals surface area contributed by atoms with E-state index in [0.717, 1.165) is 59.7 Å². The molecule has 39 heavy (non-hydrogen) atoms. The molecule has 0 bridgehead atoms. The second kappa shape index (κ2) is 11.2. The van der Waals surface area contributed by atoms with Crippen molar-refractivity contribution in [3.8, 4) is 0 Å². The van der Waals surface area contributed by atoms with Gasteiger partial charge in [0.05, 0.1) is 13.2 Å². The summed E-state index contributed by atoms with van der Waals surface area (Å²) in [6.07, 6.45) is 8.66. The van der Waals surface area contributed by atoms with Crippen molar-refractivity contribution in [1.29, 1.82) is 5.41 Å². The van der Waals surface area contributed by atoms with Crippen LogP contribution in [-0.2, 0) is 16.0 Å². The van der Waals surface area contributed by atoms with Gasteiger partial charge in [-0.05, 0) is 41.2 Å². The molecule has 1 aromatic heterocycles. The summed E-state index contributed by atoms with van der Waals surface area (Å²) in [5.74, 6) is 1.66. The Kier molecular flexibility index (Phi) is 7.19. The summed E-state index contributed by atoms with van der Waals surface area (Å²) >= 11 is 0. The molecule has 3 heterocycles. The highest BCUT2D eigenvalue weighted by Crippen LogP contribution is 2.35. The van der Waals surface area contributed by atoms with Gasteiger partial charge in [-0.2, -0.15) is 0 Å². The Morgan fingerprint density at radius 3 is 2.67 bits per heavy atom. The van der Waals surface area contributed by atoms with E-state index >= 15 is 0 Å². The SMILES string of the molecule is N=Cc1ccc(C2=CCN(C(=O)C3=C(Cc4ccccc4)[CH]3)CC2)cc1Nc1cc(N2CCOCC2)ncn1. The first-order valence-corrected chi connectivity index (χ1v) is 13.3. The number of amides is 1. The Labute approximate surface area is 228 Å². The second-order valence-corrected chi connectivity index (χ2v) is 9.91. The van der Waals surface area contributed by atoms with E-state index in [4.69, 9.17) is 10.1 Å². The fourth-order valence-electron chi connectivity index (χ4n) is 5.09. The van der Waals surface area contributed by atoms with Crippen LogP contribution < -0.4 is 10.2 Å². The molecule has 0 saturated carbocycles. The molecule has 197 valence electrons. The number of carbonyl (C=O) groups excluding carboxylic acids is 1. The first-order chi connectivity index (χ1) is 19.2. The van der Waals surface area contributed by atoms with Crippen molar-refractivity contribution in [3.05, 3.63) is 101 Å². The average molecular weight is 520 g/mol. The maximum absolute atomic E-state index is 13.0. The summed E-state index contributed by atoms with van der Waals surface area (Å²) in [5.41, 5.74) is 7.11. The molecular formula is C31H31N6O2. The van der Waals surface area contributed by atoms with Crippen LogP contribution in [0.2, 0.25) is 0 Å². The largest absolute Gasteiger partial charge is 0.378 e. The smallest absolute Gasteiger partial charge is 0.250 e. The van der Waals surface area contributed by atoms with Crippen molar-refractivity contribution < 1.29 is 9.53 Å². The van der Waals surface area contributed by atoms with Gasteiger partial charge in [-0.25, -0.2) is 9.97 Å². The van der Waals surface area contributed by atoms with Crippen LogP contribution in [0, 0.1) is 11.8 Å². The highest BCUT2D eigenvalue weighted by atomic mass is 16.5. The molecule has 2 aliphatic heterocycles. The number of rotatable bonds is 8. The van der Waals surface area contributed by atoms with Gasteiger partial charge in [-0.15, -0.1) is 0 Å². The molecule has 1 radical (unpaired) electrons. The van der Waals surface area contributed by atoms with Crippen LogP contribution in [0.5, 0.6) is 0 Å². The minimum absolute atomic E-state index is 0.123. The van der Waals surface area contributed by atoms with Gasteiger partial charge in [0.25, 0.3) is 5.91 Å². The molecule has 0 spiro atoms. The lowest BCUT2D eigenvalue weighted by molar-refractivity contribution is -0.126. The van der Waals surface area contributed by atoms with E-state index in [1.165, 1.54) is 17.4 Å². The topological polar surface area (TPSA) is 94.4 Å². The lowest BCUT2D eigenvalue weighted by Crippen LogP contribution is -2.36. The Hall–Kier alpha value is -4.30. The number of hydrogen-bond donors (Lipinski definition) is 2. The number of carbonyl (C=O) groups is 1. The number of benzene rings is 2. The maximum atomic E-state index is 13.0. The fraction of sp³-hybridized carbons (Fsp3) is 0.258. The molecule has 1 amide bonds. The van der Waals surface area contributed by atoms with E-state index in [9.17, 15) is 4.79 Å². The van der Waals surface area contributed by atoms with E-state index in [-0.39, 0.29) is 5.91 Å². The molecule has 2 aromatic carbocycles. The maximum Gasteiger partial charge on any atom is 0.250 e. The number of morpholine rings is 1. The van der Waals surface area contributed by atoms with Crippen molar-refractivity contribution in [1.82, 2.24) is 14.9 Å². The zero-order chi connectivity index (χ0) is 26.6. The van der Waals surface area contributed by atoms with Gasteiger partial charge in [0, 0.05) is 61.7 Å². The summed E-state index contributed by atoms with van der Waals surface area (Å²) in [6, 6.07) is 18.3. The van der Waals surface area contributed by atoms with Crippen molar-refractivity contribution >= 4 is 35.0 Å². The summed E-state index contributed by atoms with van der Waals surface area (Å²) in [6.45, 7) is 4.26. The normalized spacial score (nSPS) is 17.1. The van der Waals surface area contributed by atoms with Gasteiger partial charge in [-0.3, -0.25) is 4.79 Å². The van der Waals surface area contributed by atoms with E-state index in [0.29, 0.717) is 32.1 Å². The lowest BCUT2D eigenvalue weighted by Gasteiger charge is -2.28. The van der Waals surface area contributed by atoms with Gasteiger partial charge in [0.2, 0.25) is 0 Å². The summed E-state index contributed by atoms with van der Waals surface area (Å²) in [4.78, 5) is 26.0. The van der Waals surface area contributed by atoms with Gasteiger partial charge in [-0.1, -0.05) is 48.5 Å². The summed E-state index contributed by atoms with van der Waals surface area (Å²) in [5, 5.41) is 11.3. The lowest BCUT2D eigenvalue weighted by atomic mass is 9.97. The highest BCUT2D eigenvalue weighted by molar-refractivity contribution is 6.03. The van der Waals surface area contributed by atoms with Crippen molar-refractivity contribution in [2.75, 3.05) is 49.6 Å². The highest BCUT2D eigenvalue weighted by Gasteiger charge is 2.32. The van der Waals surface area contributed by atoms with Crippen LogP contribution in [0.1, 0.15) is 23.1 Å². The first-order valence-electron chi connectivity index (χ1n) is 13.3. The molecule has 1 saturated heterocycles. The predicted octanol–water partition coefficient (Wildman–Crippen LogP) is 4.43. The molecular weight excluding hydrogens is 488 g/mol. The number of allylic oxidation sites excluding steroid dienone is 1. The third-order valence-corrected chi connectivity index (χ3v) is 7.38. The third kappa shape index (κ3) is 5.76. The minimum Gasteiger partial charge on any atom is -0.378 e. The molecule has 2 N–H and O–H groups in total. The second-order valence-electron chi connectivity index (χ2n) is 9.91. The molecule has 6 rings (SSSR count). The number of anilines is 3. The number of hydrogen-bond acceptors (Lipinski definition) is 7. The standard InChI is InChI=1S/C31H31N6O2/c32-20-25-7-6-24(18-28(25)35-29-19-30(34-21-33-29)36-12-14-39-15-13-36)23-8-10-37(11-9-23)31(38)27-17-26(27)16-22-4-2-1-3-5-22/h1-8,17-21,32H,9-16H2,(H,33,34,35). The van der Waals surface area contributed by atoms with Gasteiger partial charge in [0.15, 0.2) is 0 Å². The average Bonchev–Trinajstić information content (AvgIpc) is 3.77. The Bertz CT molecular complexity index is 1440. The Morgan fingerprint density at radius 2 is 1.90 bits per heavy atom. The van der Waals surface area contributed by atoms with E-state index in [1.807, 2.05) is 47.7 Å². The molecule has 3 aromatic rings. The van der Waals surface area contributed by atoms with E-state index in [2.05, 4.69) is 44.5 Å². The van der Waals surface area contributed by atoms with Crippen molar-refractivity contribution in [2.24, 2.45) is 0 Å². The van der Waals surface area contributed by atoms with Crippen LogP contribution in [0.15, 0.2) is 78.1 Å². The number of aromatic nitrogens is 2. The molecule has 8 heteroatoms. The summed E-state index contributed by atoms with van der Waals surface area (Å²) < 4.78 is 5.45. The van der Waals surface area contributed by atoms with E-state index in [1.54, 1.807) is 6.33 Å². The third-order valence-electron chi connectivity index (χ3n) is 7.38. The molecule has 3 aliphatic rings. The quantitative estimate of drug-likeness (QED) is 0.428. The minimum atomic E-state index is 0.123. The van der Waals surface area contributed by atoms with Crippen LogP contribution in [-0.4, -0.2) is 66.4 Å². The molecule has 8 nitrogen and oxygen atoms in total. The first kappa shape index (κ1) is 25.0. The van der Waals surface area contributed by atoms with Crippen LogP contribution in [0.4, 0.5) is 17.3 Å². The zero-order valence-corrected chi connectivity index (χ0v) is 21.8. The Balaban J connectivity index is 1.13. The zero-order valence-electron chi connectivity index (χ0n) is 21.8. The Morgan fingerprint density at radius 1 is 1.05 bits per heavy atom. The summed E-state index contributed by atoms with van der Waals surface area (Å²) in [7, 11) is 0. The van der Waals surface area contributed by atoms with Crippen LogP contribution in [0.3, 0.4) is 0 Å². The predicted molar refractivity (Wildman–Crippen MR) is 153 cm³/mol. The van der Waals surface area contributed by atoms with Crippen molar-refractivity contribution in [3.63, 3.8) is 0 Å². The van der Waals surface area contributed by atoms with E-state index < -0.39 is 0 Å². The fourth-order valence-corrected chi connectivity index (χ4v) is 5.09. The van der Waals surface area contributed by atoms with Crippen molar-refractivity contribution in [2.45, 2.75) is 12.8 Å². The number of nitrogens with zero attached hydrogens (tertiary/aromatic N) is 4. The molecule has 0 unspecified atom stereocenters. The van der Waals surface area contributed by atoms with Gasteiger partial charge < -0.3 is 25.3 Å². The van der Waals surface area contributed by atoms with Crippen LogP contribution >= 0.6 is 0 Å². The molecule has 0 atom stereocenters. The number of ether oxygens (including phenoxy) is 1. The molecule has 1 fully saturated rings. The molecule has 1 aliphatic carbocycles. The number of nitrogens with one attached hydrogen (secondary N) is 2. The van der Waals surface area contributed by atoms with Crippen LogP contribution in [0.25, 0.3) is 5.57 Å². The van der Waals surface area contributed by atoms with Gasteiger partial charge in [0.1, 0.15) is 18.0 Å². The van der Waals surface area contributed by atoms with Gasteiger partial charge >= 0.3 is 0 Å². The monoisotopic (exact) mass is 519 g/mol.